The Balaban J connectivity index is 1.48. The lowest BCUT2D eigenvalue weighted by atomic mass is 10.1. The van der Waals surface area contributed by atoms with Crippen molar-refractivity contribution in [1.82, 2.24) is 14.8 Å². The Morgan fingerprint density at radius 2 is 1.97 bits per heavy atom. The third-order valence-electron chi connectivity index (χ3n) is 5.59. The number of furan rings is 1. The summed E-state index contributed by atoms with van der Waals surface area (Å²) in [7, 11) is -3.25. The van der Waals surface area contributed by atoms with Gasteiger partial charge in [-0.15, -0.1) is 0 Å². The average Bonchev–Trinajstić information content (AvgIpc) is 3.53. The molecule has 4 aromatic rings. The van der Waals surface area contributed by atoms with E-state index in [0.29, 0.717) is 52.4 Å². The number of rotatable bonds is 5. The van der Waals surface area contributed by atoms with Gasteiger partial charge in [0.2, 0.25) is 10.0 Å². The normalized spacial score (nSPS) is 15.4. The summed E-state index contributed by atoms with van der Waals surface area (Å²) >= 11 is 0. The molecule has 0 aliphatic carbocycles. The summed E-state index contributed by atoms with van der Waals surface area (Å²) in [6, 6.07) is 12.1. The highest BCUT2D eigenvalue weighted by Gasteiger charge is 2.28. The fourth-order valence-electron chi connectivity index (χ4n) is 3.97. The third-order valence-corrected chi connectivity index (χ3v) is 7.46. The molecule has 4 heterocycles. The van der Waals surface area contributed by atoms with Crippen LogP contribution in [-0.2, 0) is 10.0 Å². The van der Waals surface area contributed by atoms with Crippen LogP contribution < -0.4 is 9.62 Å². The Bertz CT molecular complexity index is 1420. The largest absolute Gasteiger partial charge is 0.463 e. The Morgan fingerprint density at radius 3 is 2.61 bits per heavy atom. The summed E-state index contributed by atoms with van der Waals surface area (Å²) in [6.45, 7) is 4.46. The number of hydrogen-bond acceptors (Lipinski definition) is 6. The lowest BCUT2D eigenvalue weighted by Gasteiger charge is -2.17. The monoisotopic (exact) mass is 465 g/mol. The zero-order valence-electron chi connectivity index (χ0n) is 18.2. The molecule has 9 nitrogen and oxygen atoms in total. The molecular formula is C23H23N5O4S. The first-order valence-corrected chi connectivity index (χ1v) is 12.3. The van der Waals surface area contributed by atoms with Crippen LogP contribution in [0.25, 0.3) is 22.5 Å². The number of benzene rings is 1. The maximum atomic E-state index is 13.3. The molecule has 3 aromatic heterocycles. The fraction of sp³-hybridized carbons (Fsp3) is 0.261. The third kappa shape index (κ3) is 3.86. The van der Waals surface area contributed by atoms with E-state index >= 15 is 0 Å². The second-order valence-corrected chi connectivity index (χ2v) is 10.2. The maximum Gasteiger partial charge on any atom is 0.256 e. The first kappa shape index (κ1) is 21.2. The summed E-state index contributed by atoms with van der Waals surface area (Å²) in [5.41, 5.74) is 2.70. The molecule has 1 aliphatic rings. The van der Waals surface area contributed by atoms with Crippen LogP contribution in [0.15, 0.2) is 59.3 Å². The van der Waals surface area contributed by atoms with Gasteiger partial charge in [0.05, 0.1) is 34.8 Å². The molecular weight excluding hydrogens is 442 g/mol. The van der Waals surface area contributed by atoms with Crippen molar-refractivity contribution in [2.75, 3.05) is 21.9 Å². The Labute approximate surface area is 191 Å². The van der Waals surface area contributed by atoms with Crippen molar-refractivity contribution in [2.45, 2.75) is 26.3 Å². The fourth-order valence-corrected chi connectivity index (χ4v) is 5.54. The average molecular weight is 466 g/mol. The second-order valence-electron chi connectivity index (χ2n) is 8.20. The van der Waals surface area contributed by atoms with E-state index in [1.807, 2.05) is 13.8 Å². The van der Waals surface area contributed by atoms with Gasteiger partial charge in [-0.25, -0.2) is 18.1 Å². The van der Waals surface area contributed by atoms with Crippen molar-refractivity contribution in [3.63, 3.8) is 0 Å². The van der Waals surface area contributed by atoms with Crippen LogP contribution in [0.4, 0.5) is 11.4 Å². The number of aromatic nitrogens is 3. The number of hydrogen-bond donors (Lipinski definition) is 1. The van der Waals surface area contributed by atoms with Gasteiger partial charge in [0, 0.05) is 18.3 Å². The molecule has 0 spiro atoms. The molecule has 1 fully saturated rings. The number of fused-ring (bicyclic) bond motifs is 1. The summed E-state index contributed by atoms with van der Waals surface area (Å²) in [5, 5.41) is 7.95. The molecule has 5 rings (SSSR count). The molecule has 0 saturated carbocycles. The number of carbonyl (C=O) groups is 1. The molecule has 1 N–H and O–H groups in total. The van der Waals surface area contributed by atoms with Crippen molar-refractivity contribution in [3.8, 4) is 11.5 Å². The first-order valence-electron chi connectivity index (χ1n) is 10.7. The molecule has 1 aliphatic heterocycles. The second kappa shape index (κ2) is 8.04. The minimum Gasteiger partial charge on any atom is -0.463 e. The van der Waals surface area contributed by atoms with Crippen LogP contribution in [0.2, 0.25) is 0 Å². The smallest absolute Gasteiger partial charge is 0.256 e. The molecule has 1 aromatic carbocycles. The predicted octanol–water partition coefficient (Wildman–Crippen LogP) is 4.06. The van der Waals surface area contributed by atoms with Gasteiger partial charge in [0.25, 0.3) is 5.91 Å². The summed E-state index contributed by atoms with van der Waals surface area (Å²) in [4.78, 5) is 17.9. The van der Waals surface area contributed by atoms with Crippen molar-refractivity contribution in [3.05, 3.63) is 60.5 Å². The quantitative estimate of drug-likeness (QED) is 0.476. The molecule has 10 heteroatoms. The molecule has 1 saturated heterocycles. The van der Waals surface area contributed by atoms with E-state index in [1.54, 1.807) is 59.6 Å². The minimum absolute atomic E-state index is 0.0622. The predicted molar refractivity (Wildman–Crippen MR) is 126 cm³/mol. The number of carbonyl (C=O) groups excluding carboxylic acids is 1. The van der Waals surface area contributed by atoms with Crippen molar-refractivity contribution >= 4 is 38.3 Å². The van der Waals surface area contributed by atoms with E-state index in [-0.39, 0.29) is 17.7 Å². The van der Waals surface area contributed by atoms with Crippen molar-refractivity contribution in [2.24, 2.45) is 0 Å². The Kier molecular flexibility index (Phi) is 5.16. The Morgan fingerprint density at radius 1 is 1.18 bits per heavy atom. The Hall–Kier alpha value is -3.66. The van der Waals surface area contributed by atoms with Gasteiger partial charge < -0.3 is 9.73 Å². The SMILES string of the molecule is CC(C)n1ncc2c(C(=O)Nc3ccc(N4CCCS4(=O)=O)cc3)cc(-c3ccco3)nc21. The van der Waals surface area contributed by atoms with Gasteiger partial charge in [-0.05, 0) is 62.7 Å². The highest BCUT2D eigenvalue weighted by atomic mass is 32.2. The van der Waals surface area contributed by atoms with E-state index in [9.17, 15) is 13.2 Å². The van der Waals surface area contributed by atoms with Crippen LogP contribution >= 0.6 is 0 Å². The zero-order valence-corrected chi connectivity index (χ0v) is 19.0. The zero-order chi connectivity index (χ0) is 23.2. The van der Waals surface area contributed by atoms with Gasteiger partial charge in [-0.2, -0.15) is 5.10 Å². The van der Waals surface area contributed by atoms with Gasteiger partial charge >= 0.3 is 0 Å². The molecule has 0 unspecified atom stereocenters. The lowest BCUT2D eigenvalue weighted by molar-refractivity contribution is 0.102. The number of anilines is 2. The van der Waals surface area contributed by atoms with Crippen LogP contribution in [0, 0.1) is 0 Å². The summed E-state index contributed by atoms with van der Waals surface area (Å²) in [5.74, 6) is 0.393. The molecule has 1 amide bonds. The van der Waals surface area contributed by atoms with E-state index < -0.39 is 10.0 Å². The molecule has 0 radical (unpaired) electrons. The molecule has 170 valence electrons. The van der Waals surface area contributed by atoms with Crippen molar-refractivity contribution < 1.29 is 17.6 Å². The van der Waals surface area contributed by atoms with Crippen LogP contribution in [0.3, 0.4) is 0 Å². The number of amides is 1. The number of nitrogens with one attached hydrogen (secondary N) is 1. The van der Waals surface area contributed by atoms with Crippen molar-refractivity contribution in [1.29, 1.82) is 0 Å². The van der Waals surface area contributed by atoms with Gasteiger partial charge in [-0.3, -0.25) is 9.10 Å². The van der Waals surface area contributed by atoms with Gasteiger partial charge in [0.15, 0.2) is 11.4 Å². The topological polar surface area (TPSA) is 110 Å². The minimum atomic E-state index is -3.25. The van der Waals surface area contributed by atoms with Crippen LogP contribution in [-0.4, -0.2) is 41.4 Å². The summed E-state index contributed by atoms with van der Waals surface area (Å²) in [6.07, 6.45) is 3.81. The van der Waals surface area contributed by atoms with E-state index in [0.717, 1.165) is 0 Å². The number of nitrogens with zero attached hydrogens (tertiary/aromatic N) is 4. The lowest BCUT2D eigenvalue weighted by Crippen LogP contribution is -2.25. The number of pyridine rings is 1. The maximum absolute atomic E-state index is 13.3. The first-order chi connectivity index (χ1) is 15.8. The summed E-state index contributed by atoms with van der Waals surface area (Å²) < 4.78 is 33.0. The van der Waals surface area contributed by atoms with E-state index in [2.05, 4.69) is 15.4 Å². The standard InChI is InChI=1S/C23H23N5O4S/c1-15(2)28-22-19(14-24-28)18(13-20(26-22)21-5-3-11-32-21)23(29)25-16-6-8-17(9-7-16)27-10-4-12-33(27,30)31/h3,5-9,11,13-15H,4,10,12H2,1-2H3,(H,25,29). The van der Waals surface area contributed by atoms with Crippen LogP contribution in [0.1, 0.15) is 36.7 Å². The van der Waals surface area contributed by atoms with Gasteiger partial charge in [0.1, 0.15) is 5.69 Å². The van der Waals surface area contributed by atoms with Crippen LogP contribution in [0.5, 0.6) is 0 Å². The number of sulfonamides is 1. The van der Waals surface area contributed by atoms with Gasteiger partial charge in [-0.1, -0.05) is 0 Å². The van der Waals surface area contributed by atoms with E-state index in [1.165, 1.54) is 4.31 Å². The highest BCUT2D eigenvalue weighted by Crippen LogP contribution is 2.28. The molecule has 0 bridgehead atoms. The molecule has 0 atom stereocenters. The highest BCUT2D eigenvalue weighted by molar-refractivity contribution is 7.93. The van der Waals surface area contributed by atoms with E-state index in [4.69, 9.17) is 4.42 Å². The molecule has 33 heavy (non-hydrogen) atoms.